The summed E-state index contributed by atoms with van der Waals surface area (Å²) in [7, 11) is 0. The lowest BCUT2D eigenvalue weighted by Crippen LogP contribution is -2.27. The van der Waals surface area contributed by atoms with E-state index in [4.69, 9.17) is 33.3 Å². The maximum Gasteiger partial charge on any atom is 0.207 e. The highest BCUT2D eigenvalue weighted by Crippen LogP contribution is 2.25. The molecule has 0 aromatic heterocycles. The minimum Gasteiger partial charge on any atom is -0.477 e. The van der Waals surface area contributed by atoms with Gasteiger partial charge in [0.25, 0.3) is 0 Å². The zero-order chi connectivity index (χ0) is 16.5. The molecule has 1 rings (SSSR count). The van der Waals surface area contributed by atoms with Gasteiger partial charge in [0.1, 0.15) is 6.61 Å². The molecule has 0 amide bonds. The van der Waals surface area contributed by atoms with Crippen LogP contribution in [0.1, 0.15) is 20.8 Å². The predicted octanol–water partition coefficient (Wildman–Crippen LogP) is 4.64. The van der Waals surface area contributed by atoms with Crippen molar-refractivity contribution in [2.45, 2.75) is 20.8 Å². The smallest absolute Gasteiger partial charge is 0.207 e. The molecule has 0 aliphatic rings. The fourth-order valence-corrected chi connectivity index (χ4v) is 2.20. The summed E-state index contributed by atoms with van der Waals surface area (Å²) in [6.07, 6.45) is 1.64. The summed E-state index contributed by atoms with van der Waals surface area (Å²) in [5.41, 5.74) is 1.62. The lowest BCUT2D eigenvalue weighted by Gasteiger charge is -2.17. The molecule has 0 saturated carbocycles. The van der Waals surface area contributed by atoms with E-state index in [1.54, 1.807) is 18.2 Å². The molecular formula is C16H23Cl2N3O. The Hall–Kier alpha value is -1.23. The normalized spacial score (nSPS) is 11.6. The van der Waals surface area contributed by atoms with E-state index < -0.39 is 0 Å². The molecule has 0 spiro atoms. The van der Waals surface area contributed by atoms with Gasteiger partial charge in [0.2, 0.25) is 5.90 Å². The highest BCUT2D eigenvalue weighted by molar-refractivity contribution is 6.42. The number of nitrogens with zero attached hydrogens (tertiary/aromatic N) is 1. The van der Waals surface area contributed by atoms with E-state index in [9.17, 15) is 0 Å². The Morgan fingerprint density at radius 1 is 1.27 bits per heavy atom. The Morgan fingerprint density at radius 2 is 1.95 bits per heavy atom. The molecule has 0 aliphatic heterocycles. The van der Waals surface area contributed by atoms with E-state index in [1.807, 2.05) is 13.0 Å². The van der Waals surface area contributed by atoms with Crippen molar-refractivity contribution in [1.29, 1.82) is 5.41 Å². The van der Waals surface area contributed by atoms with Crippen LogP contribution < -0.4 is 5.32 Å². The minimum absolute atomic E-state index is 0.136. The molecular weight excluding hydrogens is 321 g/mol. The summed E-state index contributed by atoms with van der Waals surface area (Å²) in [5.74, 6) is 0.136. The zero-order valence-electron chi connectivity index (χ0n) is 13.2. The molecule has 4 nitrogen and oxygen atoms in total. The van der Waals surface area contributed by atoms with Crippen LogP contribution >= 0.6 is 23.2 Å². The van der Waals surface area contributed by atoms with Gasteiger partial charge in [-0.3, -0.25) is 5.41 Å². The molecule has 0 saturated heterocycles. The molecule has 0 fully saturated rings. The topological polar surface area (TPSA) is 48.4 Å². The van der Waals surface area contributed by atoms with Crippen molar-refractivity contribution in [3.63, 3.8) is 0 Å². The first-order valence-corrected chi connectivity index (χ1v) is 8.05. The van der Waals surface area contributed by atoms with E-state index in [-0.39, 0.29) is 5.90 Å². The van der Waals surface area contributed by atoms with E-state index in [0.29, 0.717) is 16.7 Å². The van der Waals surface area contributed by atoms with Gasteiger partial charge in [0.15, 0.2) is 0 Å². The fraction of sp³-hybridized carbons (Fsp3) is 0.438. The van der Waals surface area contributed by atoms with Crippen LogP contribution in [0.15, 0.2) is 30.0 Å². The van der Waals surface area contributed by atoms with Crippen molar-refractivity contribution < 1.29 is 4.74 Å². The first-order chi connectivity index (χ1) is 10.5. The average Bonchev–Trinajstić information content (AvgIpc) is 2.47. The molecule has 6 heteroatoms. The van der Waals surface area contributed by atoms with E-state index in [2.05, 4.69) is 24.1 Å². The molecule has 0 atom stereocenters. The van der Waals surface area contributed by atoms with Crippen molar-refractivity contribution in [1.82, 2.24) is 4.90 Å². The maximum absolute atomic E-state index is 7.82. The van der Waals surface area contributed by atoms with Gasteiger partial charge in [-0.05, 0) is 38.2 Å². The van der Waals surface area contributed by atoms with Crippen LogP contribution in [0.5, 0.6) is 0 Å². The van der Waals surface area contributed by atoms with Crippen LogP contribution in [0.3, 0.4) is 0 Å². The second-order valence-electron chi connectivity index (χ2n) is 4.82. The molecule has 122 valence electrons. The zero-order valence-corrected chi connectivity index (χ0v) is 14.8. The van der Waals surface area contributed by atoms with Crippen LogP contribution in [-0.2, 0) is 4.74 Å². The van der Waals surface area contributed by atoms with Gasteiger partial charge in [0.05, 0.1) is 10.0 Å². The van der Waals surface area contributed by atoms with Gasteiger partial charge < -0.3 is 15.0 Å². The Morgan fingerprint density at radius 3 is 2.55 bits per heavy atom. The summed E-state index contributed by atoms with van der Waals surface area (Å²) in [5, 5.41) is 12.0. The van der Waals surface area contributed by atoms with Gasteiger partial charge in [-0.2, -0.15) is 0 Å². The Bertz CT molecular complexity index is 528. The molecule has 0 unspecified atom stereocenters. The summed E-state index contributed by atoms with van der Waals surface area (Å²) >= 11 is 11.8. The highest BCUT2D eigenvalue weighted by Gasteiger charge is 2.02. The van der Waals surface area contributed by atoms with Gasteiger partial charge >= 0.3 is 0 Å². The number of halogens is 2. The van der Waals surface area contributed by atoms with Crippen molar-refractivity contribution in [2.75, 3.05) is 31.6 Å². The Balaban J connectivity index is 2.46. The van der Waals surface area contributed by atoms with Crippen molar-refractivity contribution in [3.8, 4) is 0 Å². The number of anilines is 1. The van der Waals surface area contributed by atoms with E-state index in [1.165, 1.54) is 0 Å². The Labute approximate surface area is 142 Å². The number of allylic oxidation sites excluding steroid dienone is 1. The standard InChI is InChI=1S/C16H23Cl2N3O/c1-4-21(5-2)8-9-22-16(19)10-12(3)20-13-6-7-14(17)15(18)11-13/h6-7,10-11,19-20H,4-5,8-9H2,1-3H3/b12-10-,19-16?. The molecule has 0 radical (unpaired) electrons. The number of ether oxygens (including phenoxy) is 1. The molecule has 0 aliphatic carbocycles. The number of rotatable bonds is 8. The first-order valence-electron chi connectivity index (χ1n) is 7.30. The van der Waals surface area contributed by atoms with Gasteiger partial charge in [-0.1, -0.05) is 37.0 Å². The number of benzene rings is 1. The summed E-state index contributed by atoms with van der Waals surface area (Å²) in [6, 6.07) is 5.30. The predicted molar refractivity (Wildman–Crippen MR) is 95.3 cm³/mol. The molecule has 1 aromatic rings. The number of nitrogens with one attached hydrogen (secondary N) is 2. The average molecular weight is 344 g/mol. The van der Waals surface area contributed by atoms with Gasteiger partial charge in [0, 0.05) is 24.0 Å². The number of likely N-dealkylation sites (N-methyl/N-ethyl adjacent to an activating group) is 1. The first kappa shape index (κ1) is 18.8. The number of hydrogen-bond donors (Lipinski definition) is 2. The van der Waals surface area contributed by atoms with Crippen LogP contribution in [0.2, 0.25) is 10.0 Å². The third-order valence-corrected chi connectivity index (χ3v) is 3.91. The lowest BCUT2D eigenvalue weighted by atomic mass is 10.3. The van der Waals surface area contributed by atoms with Gasteiger partial charge in [-0.15, -0.1) is 0 Å². The van der Waals surface area contributed by atoms with Crippen LogP contribution in [-0.4, -0.2) is 37.0 Å². The van der Waals surface area contributed by atoms with Crippen LogP contribution in [0.4, 0.5) is 5.69 Å². The Kier molecular flexibility index (Phi) is 8.31. The molecule has 0 heterocycles. The molecule has 0 bridgehead atoms. The quantitative estimate of drug-likeness (QED) is 0.533. The van der Waals surface area contributed by atoms with Crippen LogP contribution in [0.25, 0.3) is 0 Å². The summed E-state index contributed by atoms with van der Waals surface area (Å²) in [6.45, 7) is 9.40. The second-order valence-corrected chi connectivity index (χ2v) is 5.64. The number of hydrogen-bond acceptors (Lipinski definition) is 4. The van der Waals surface area contributed by atoms with Crippen LogP contribution in [0, 0.1) is 5.41 Å². The SMILES string of the molecule is CCN(CC)CCOC(=N)/C=C(/C)Nc1ccc(Cl)c(Cl)c1. The maximum atomic E-state index is 7.82. The van der Waals surface area contributed by atoms with Crippen molar-refractivity contribution >= 4 is 34.8 Å². The fourth-order valence-electron chi connectivity index (χ4n) is 1.90. The third kappa shape index (κ3) is 6.69. The van der Waals surface area contributed by atoms with E-state index >= 15 is 0 Å². The highest BCUT2D eigenvalue weighted by atomic mass is 35.5. The second kappa shape index (κ2) is 9.72. The molecule has 1 aromatic carbocycles. The van der Waals surface area contributed by atoms with Crippen molar-refractivity contribution in [2.24, 2.45) is 0 Å². The summed E-state index contributed by atoms with van der Waals surface area (Å²) < 4.78 is 5.41. The lowest BCUT2D eigenvalue weighted by molar-refractivity contribution is 0.215. The largest absolute Gasteiger partial charge is 0.477 e. The third-order valence-electron chi connectivity index (χ3n) is 3.17. The summed E-state index contributed by atoms with van der Waals surface area (Å²) in [4.78, 5) is 2.25. The van der Waals surface area contributed by atoms with Crippen molar-refractivity contribution in [3.05, 3.63) is 40.0 Å². The minimum atomic E-state index is 0.136. The molecule has 2 N–H and O–H groups in total. The van der Waals surface area contributed by atoms with E-state index in [0.717, 1.165) is 31.0 Å². The monoisotopic (exact) mass is 343 g/mol. The molecule has 22 heavy (non-hydrogen) atoms. The van der Waals surface area contributed by atoms with Gasteiger partial charge in [-0.25, -0.2) is 0 Å².